The molecule has 5 nitrogen and oxygen atoms in total. The standard InChI is InChI=1S/C24H15BrClFN2O3S2/c25-19-11-15(3-10-20(19)32-13-14-1-8-18(27)9-2-14)12-21-23(31)29(24(33)34-21)28-22(30)16-4-6-17(26)7-5-16/h1-12H,13H2,(H,28,30)/b21-12-. The van der Waals surface area contributed by atoms with E-state index in [-0.39, 0.29) is 16.7 Å². The molecule has 0 radical (unpaired) electrons. The summed E-state index contributed by atoms with van der Waals surface area (Å²) in [6.07, 6.45) is 1.68. The molecule has 1 aliphatic heterocycles. The molecule has 2 amide bonds. The minimum absolute atomic E-state index is 0.219. The number of thiocarbonyl (C=S) groups is 1. The molecule has 0 aliphatic carbocycles. The van der Waals surface area contributed by atoms with E-state index in [4.69, 9.17) is 28.6 Å². The molecule has 0 unspecified atom stereocenters. The van der Waals surface area contributed by atoms with Crippen LogP contribution in [0.15, 0.2) is 76.1 Å². The van der Waals surface area contributed by atoms with Crippen LogP contribution in [0.2, 0.25) is 5.02 Å². The number of ether oxygens (including phenoxy) is 1. The first-order valence-electron chi connectivity index (χ1n) is 9.81. The SMILES string of the molecule is O=C(NN1C(=O)/C(=C/c2ccc(OCc3ccc(F)cc3)c(Br)c2)SC1=S)c1ccc(Cl)cc1. The average Bonchev–Trinajstić information content (AvgIpc) is 3.07. The normalized spacial score (nSPS) is 14.6. The number of amides is 2. The summed E-state index contributed by atoms with van der Waals surface area (Å²) in [5.74, 6) is -0.599. The molecule has 172 valence electrons. The summed E-state index contributed by atoms with van der Waals surface area (Å²) < 4.78 is 19.7. The van der Waals surface area contributed by atoms with Crippen molar-refractivity contribution in [3.8, 4) is 5.75 Å². The van der Waals surface area contributed by atoms with Gasteiger partial charge in [0.05, 0.1) is 9.38 Å². The molecule has 34 heavy (non-hydrogen) atoms. The molecule has 3 aromatic carbocycles. The maximum absolute atomic E-state index is 13.0. The smallest absolute Gasteiger partial charge is 0.285 e. The van der Waals surface area contributed by atoms with Gasteiger partial charge in [-0.05, 0) is 93.9 Å². The topological polar surface area (TPSA) is 58.6 Å². The maximum Gasteiger partial charge on any atom is 0.285 e. The van der Waals surface area contributed by atoms with E-state index in [2.05, 4.69) is 21.4 Å². The van der Waals surface area contributed by atoms with E-state index in [9.17, 15) is 14.0 Å². The zero-order valence-corrected chi connectivity index (χ0v) is 21.2. The number of nitrogens with zero attached hydrogens (tertiary/aromatic N) is 1. The van der Waals surface area contributed by atoms with Gasteiger partial charge in [-0.25, -0.2) is 4.39 Å². The van der Waals surface area contributed by atoms with Gasteiger partial charge < -0.3 is 4.74 Å². The quantitative estimate of drug-likeness (QED) is 0.273. The van der Waals surface area contributed by atoms with Gasteiger partial charge in [0.25, 0.3) is 11.8 Å². The first kappa shape index (κ1) is 24.4. The molecule has 0 bridgehead atoms. The first-order chi connectivity index (χ1) is 16.3. The molecule has 4 rings (SSSR count). The highest BCUT2D eigenvalue weighted by Crippen LogP contribution is 2.33. The third-order valence-corrected chi connectivity index (χ3v) is 6.85. The lowest BCUT2D eigenvalue weighted by Gasteiger charge is -2.15. The Morgan fingerprint density at radius 3 is 2.53 bits per heavy atom. The van der Waals surface area contributed by atoms with Crippen molar-refractivity contribution < 1.29 is 18.7 Å². The van der Waals surface area contributed by atoms with Crippen LogP contribution in [-0.4, -0.2) is 21.1 Å². The van der Waals surface area contributed by atoms with Gasteiger partial charge in [0.2, 0.25) is 0 Å². The molecule has 1 heterocycles. The van der Waals surface area contributed by atoms with E-state index in [0.717, 1.165) is 27.9 Å². The zero-order valence-electron chi connectivity index (χ0n) is 17.3. The van der Waals surface area contributed by atoms with Crippen LogP contribution >= 0.6 is 51.5 Å². The second-order valence-electron chi connectivity index (χ2n) is 7.07. The number of benzene rings is 3. The summed E-state index contributed by atoms with van der Waals surface area (Å²) in [5, 5.41) is 1.56. The molecule has 0 atom stereocenters. The largest absolute Gasteiger partial charge is 0.488 e. The highest BCUT2D eigenvalue weighted by molar-refractivity contribution is 9.10. The number of hydrazine groups is 1. The van der Waals surface area contributed by atoms with Gasteiger partial charge in [-0.3, -0.25) is 15.0 Å². The van der Waals surface area contributed by atoms with Gasteiger partial charge in [-0.1, -0.05) is 41.6 Å². The molecule has 1 saturated heterocycles. The van der Waals surface area contributed by atoms with Crippen LogP contribution in [0.4, 0.5) is 4.39 Å². The number of hydrogen-bond donors (Lipinski definition) is 1. The van der Waals surface area contributed by atoms with Crippen molar-refractivity contribution in [2.45, 2.75) is 6.61 Å². The fraction of sp³-hybridized carbons (Fsp3) is 0.0417. The van der Waals surface area contributed by atoms with Gasteiger partial charge in [-0.2, -0.15) is 5.01 Å². The number of hydrogen-bond acceptors (Lipinski definition) is 5. The molecule has 1 aliphatic rings. The van der Waals surface area contributed by atoms with Crippen LogP contribution in [0, 0.1) is 5.82 Å². The van der Waals surface area contributed by atoms with Gasteiger partial charge in [0.1, 0.15) is 18.2 Å². The first-order valence-corrected chi connectivity index (χ1v) is 12.2. The van der Waals surface area contributed by atoms with E-state index < -0.39 is 11.8 Å². The predicted octanol–water partition coefficient (Wildman–Crippen LogP) is 6.37. The zero-order chi connectivity index (χ0) is 24.2. The Hall–Kier alpha value is -2.72. The van der Waals surface area contributed by atoms with Crippen molar-refractivity contribution in [3.63, 3.8) is 0 Å². The van der Waals surface area contributed by atoms with Crippen molar-refractivity contribution in [1.29, 1.82) is 0 Å². The Bertz CT molecular complexity index is 1300. The van der Waals surface area contributed by atoms with Gasteiger partial charge in [-0.15, -0.1) is 0 Å². The fourth-order valence-electron chi connectivity index (χ4n) is 2.95. The van der Waals surface area contributed by atoms with Crippen LogP contribution in [0.25, 0.3) is 6.08 Å². The minimum atomic E-state index is -0.473. The van der Waals surface area contributed by atoms with Crippen LogP contribution in [0.5, 0.6) is 5.75 Å². The second kappa shape index (κ2) is 10.7. The number of thioether (sulfide) groups is 1. The van der Waals surface area contributed by atoms with Crippen molar-refractivity contribution in [2.75, 3.05) is 0 Å². The van der Waals surface area contributed by atoms with Gasteiger partial charge >= 0.3 is 0 Å². The molecular formula is C24H15BrClFN2O3S2. The Morgan fingerprint density at radius 2 is 1.85 bits per heavy atom. The molecule has 3 aromatic rings. The van der Waals surface area contributed by atoms with Crippen molar-refractivity contribution in [3.05, 3.63) is 104 Å². The minimum Gasteiger partial charge on any atom is -0.488 e. The number of carbonyl (C=O) groups excluding carboxylic acids is 2. The van der Waals surface area contributed by atoms with Crippen LogP contribution in [0.1, 0.15) is 21.5 Å². The molecule has 10 heteroatoms. The van der Waals surface area contributed by atoms with Crippen molar-refractivity contribution >= 4 is 73.7 Å². The lowest BCUT2D eigenvalue weighted by molar-refractivity contribution is -0.123. The van der Waals surface area contributed by atoms with E-state index >= 15 is 0 Å². The monoisotopic (exact) mass is 576 g/mol. The molecule has 1 fully saturated rings. The average molecular weight is 578 g/mol. The van der Waals surface area contributed by atoms with Crippen LogP contribution in [0.3, 0.4) is 0 Å². The summed E-state index contributed by atoms with van der Waals surface area (Å²) in [6.45, 7) is 0.282. The molecule has 0 spiro atoms. The van der Waals surface area contributed by atoms with Crippen molar-refractivity contribution in [2.24, 2.45) is 0 Å². The molecule has 1 N–H and O–H groups in total. The molecule has 0 saturated carbocycles. The lowest BCUT2D eigenvalue weighted by atomic mass is 10.2. The number of nitrogens with one attached hydrogen (secondary N) is 1. The summed E-state index contributed by atoms with van der Waals surface area (Å²) in [6, 6.07) is 17.7. The van der Waals surface area contributed by atoms with Crippen LogP contribution < -0.4 is 10.2 Å². The van der Waals surface area contributed by atoms with Crippen LogP contribution in [-0.2, 0) is 11.4 Å². The summed E-state index contributed by atoms with van der Waals surface area (Å²) in [7, 11) is 0. The fourth-order valence-corrected chi connectivity index (χ4v) is 4.76. The highest BCUT2D eigenvalue weighted by atomic mass is 79.9. The summed E-state index contributed by atoms with van der Waals surface area (Å²) >= 11 is 15.7. The van der Waals surface area contributed by atoms with E-state index in [1.807, 2.05) is 0 Å². The second-order valence-corrected chi connectivity index (χ2v) is 10.0. The highest BCUT2D eigenvalue weighted by Gasteiger charge is 2.33. The predicted molar refractivity (Wildman–Crippen MR) is 139 cm³/mol. The lowest BCUT2D eigenvalue weighted by Crippen LogP contribution is -2.44. The number of halogens is 3. The van der Waals surface area contributed by atoms with Gasteiger partial charge in [0.15, 0.2) is 4.32 Å². The third-order valence-electron chi connectivity index (χ3n) is 4.67. The molecular weight excluding hydrogens is 563 g/mol. The summed E-state index contributed by atoms with van der Waals surface area (Å²) in [4.78, 5) is 25.7. The Labute approximate surface area is 218 Å². The number of rotatable bonds is 6. The maximum atomic E-state index is 13.0. The van der Waals surface area contributed by atoms with E-state index in [1.54, 1.807) is 60.7 Å². The van der Waals surface area contributed by atoms with Gasteiger partial charge in [0, 0.05) is 10.6 Å². The Balaban J connectivity index is 1.43. The molecule has 0 aromatic heterocycles. The van der Waals surface area contributed by atoms with E-state index in [1.165, 1.54) is 12.1 Å². The number of carbonyl (C=O) groups is 2. The van der Waals surface area contributed by atoms with Crippen molar-refractivity contribution in [1.82, 2.24) is 10.4 Å². The Morgan fingerprint density at radius 1 is 1.15 bits per heavy atom. The Kier molecular flexibility index (Phi) is 7.67. The van der Waals surface area contributed by atoms with E-state index in [0.29, 0.717) is 25.7 Å². The third kappa shape index (κ3) is 5.85. The summed E-state index contributed by atoms with van der Waals surface area (Å²) in [5.41, 5.74) is 4.46.